The van der Waals surface area contributed by atoms with Gasteiger partial charge >= 0.3 is 0 Å². The molecule has 2 amide bonds. The number of nitrogens with one attached hydrogen (secondary N) is 1. The molecule has 6 nitrogen and oxygen atoms in total. The smallest absolute Gasteiger partial charge is 0.224 e. The maximum atomic E-state index is 12.3. The number of amides is 2. The summed E-state index contributed by atoms with van der Waals surface area (Å²) in [5.41, 5.74) is 1.97. The van der Waals surface area contributed by atoms with Crippen molar-refractivity contribution in [1.82, 2.24) is 14.4 Å². The Morgan fingerprint density at radius 2 is 1.72 bits per heavy atom. The largest absolute Gasteiger partial charge is 0.346 e. The molecule has 2 aromatic rings. The molecule has 0 saturated carbocycles. The Hall–Kier alpha value is -2.34. The second-order valence-corrected chi connectivity index (χ2v) is 7.87. The zero-order valence-electron chi connectivity index (χ0n) is 18.4. The molecule has 0 fully saturated rings. The average Bonchev–Trinajstić information content (AvgIpc) is 3.08. The summed E-state index contributed by atoms with van der Waals surface area (Å²) < 4.78 is 2.23. The third-order valence-electron chi connectivity index (χ3n) is 4.98. The lowest BCUT2D eigenvalue weighted by Crippen LogP contribution is -2.32. The van der Waals surface area contributed by atoms with E-state index < -0.39 is 0 Å². The first-order valence-corrected chi connectivity index (χ1v) is 10.8. The molecule has 1 heterocycles. The van der Waals surface area contributed by atoms with E-state index in [1.54, 1.807) is 0 Å². The average molecular weight is 401 g/mol. The number of aromatic nitrogens is 1. The van der Waals surface area contributed by atoms with Crippen LogP contribution in [0.2, 0.25) is 0 Å². The number of benzene rings is 1. The molecule has 1 aromatic heterocycles. The molecule has 0 bridgehead atoms. The minimum absolute atomic E-state index is 0.0401. The Labute approximate surface area is 174 Å². The van der Waals surface area contributed by atoms with Gasteiger partial charge in [-0.25, -0.2) is 0 Å². The Bertz CT molecular complexity index is 791. The van der Waals surface area contributed by atoms with E-state index in [0.717, 1.165) is 50.1 Å². The number of nitrogens with zero attached hydrogens (tertiary/aromatic N) is 3. The molecule has 160 valence electrons. The lowest BCUT2D eigenvalue weighted by Gasteiger charge is -2.21. The zero-order chi connectivity index (χ0) is 21.2. The molecule has 6 heteroatoms. The van der Waals surface area contributed by atoms with Crippen LogP contribution in [0.25, 0.3) is 10.9 Å². The van der Waals surface area contributed by atoms with Gasteiger partial charge in [-0.3, -0.25) is 9.59 Å². The molecule has 2 rings (SSSR count). The Morgan fingerprint density at radius 3 is 2.38 bits per heavy atom. The molecule has 29 heavy (non-hydrogen) atoms. The van der Waals surface area contributed by atoms with E-state index in [2.05, 4.69) is 61.1 Å². The molecule has 1 N–H and O–H groups in total. The van der Waals surface area contributed by atoms with Crippen LogP contribution in [-0.2, 0) is 16.1 Å². The van der Waals surface area contributed by atoms with Crippen LogP contribution in [0.1, 0.15) is 46.0 Å². The third kappa shape index (κ3) is 7.20. The summed E-state index contributed by atoms with van der Waals surface area (Å²) >= 11 is 0. The second kappa shape index (κ2) is 11.6. The van der Waals surface area contributed by atoms with Gasteiger partial charge in [0, 0.05) is 61.8 Å². The number of anilines is 1. The number of carbonyl (C=O) groups excluding carboxylic acids is 2. The van der Waals surface area contributed by atoms with Gasteiger partial charge in [-0.2, -0.15) is 0 Å². The van der Waals surface area contributed by atoms with Gasteiger partial charge in [-0.15, -0.1) is 0 Å². The lowest BCUT2D eigenvalue weighted by molar-refractivity contribution is -0.131. The molecule has 0 aliphatic carbocycles. The molecule has 0 spiro atoms. The summed E-state index contributed by atoms with van der Waals surface area (Å²) in [6.45, 7) is 7.67. The zero-order valence-corrected chi connectivity index (χ0v) is 18.4. The van der Waals surface area contributed by atoms with Crippen molar-refractivity contribution < 1.29 is 9.59 Å². The van der Waals surface area contributed by atoms with Gasteiger partial charge in [0.25, 0.3) is 0 Å². The van der Waals surface area contributed by atoms with Crippen LogP contribution in [0.4, 0.5) is 5.69 Å². The van der Waals surface area contributed by atoms with Crippen molar-refractivity contribution in [2.24, 2.45) is 0 Å². The van der Waals surface area contributed by atoms with Crippen LogP contribution in [-0.4, -0.2) is 59.9 Å². The van der Waals surface area contributed by atoms with Crippen molar-refractivity contribution in [2.75, 3.05) is 39.0 Å². The van der Waals surface area contributed by atoms with Gasteiger partial charge in [0.05, 0.1) is 0 Å². The summed E-state index contributed by atoms with van der Waals surface area (Å²) in [4.78, 5) is 28.7. The van der Waals surface area contributed by atoms with E-state index in [1.807, 2.05) is 17.0 Å². The highest BCUT2D eigenvalue weighted by Crippen LogP contribution is 2.21. The number of rotatable bonds is 12. The SMILES string of the molecule is CCCN(CCC)C(=O)CCCC(=O)Nc1ccc2c(ccn2CCN(C)C)c1. The molecule has 0 unspecified atom stereocenters. The van der Waals surface area contributed by atoms with Gasteiger partial charge in [0.1, 0.15) is 0 Å². The topological polar surface area (TPSA) is 57.6 Å². The van der Waals surface area contributed by atoms with Crippen molar-refractivity contribution in [3.63, 3.8) is 0 Å². The highest BCUT2D eigenvalue weighted by Gasteiger charge is 2.12. The Kier molecular flexibility index (Phi) is 9.19. The summed E-state index contributed by atoms with van der Waals surface area (Å²) in [6.07, 6.45) is 5.39. The van der Waals surface area contributed by atoms with Crippen LogP contribution in [0.3, 0.4) is 0 Å². The maximum Gasteiger partial charge on any atom is 0.224 e. The second-order valence-electron chi connectivity index (χ2n) is 7.87. The predicted octanol–water partition coefficient (Wildman–Crippen LogP) is 3.96. The molecule has 0 radical (unpaired) electrons. The quantitative estimate of drug-likeness (QED) is 0.587. The van der Waals surface area contributed by atoms with Crippen LogP contribution >= 0.6 is 0 Å². The molecular formula is C23H36N4O2. The summed E-state index contributed by atoms with van der Waals surface area (Å²) in [5, 5.41) is 4.08. The van der Waals surface area contributed by atoms with Crippen molar-refractivity contribution in [3.8, 4) is 0 Å². The standard InChI is InChI=1S/C23H36N4O2/c1-5-13-27(14-6-2)23(29)9-7-8-22(28)24-20-10-11-21-19(18-20)12-15-26(21)17-16-25(3)4/h10-12,15,18H,5-9,13-14,16-17H2,1-4H3,(H,24,28). The fourth-order valence-corrected chi connectivity index (χ4v) is 3.46. The van der Waals surface area contributed by atoms with Gasteiger partial charge < -0.3 is 19.7 Å². The molecule has 0 atom stereocenters. The monoisotopic (exact) mass is 400 g/mol. The lowest BCUT2D eigenvalue weighted by atomic mass is 10.2. The summed E-state index contributed by atoms with van der Waals surface area (Å²) in [5.74, 6) is 0.115. The molecule has 0 aliphatic rings. The van der Waals surface area contributed by atoms with Crippen LogP contribution in [0.15, 0.2) is 30.5 Å². The molecular weight excluding hydrogens is 364 g/mol. The Morgan fingerprint density at radius 1 is 1.00 bits per heavy atom. The fourth-order valence-electron chi connectivity index (χ4n) is 3.46. The van der Waals surface area contributed by atoms with Gasteiger partial charge in [-0.1, -0.05) is 13.8 Å². The van der Waals surface area contributed by atoms with Crippen molar-refractivity contribution in [1.29, 1.82) is 0 Å². The number of hydrogen-bond donors (Lipinski definition) is 1. The van der Waals surface area contributed by atoms with Crippen molar-refractivity contribution in [2.45, 2.75) is 52.5 Å². The van der Waals surface area contributed by atoms with E-state index in [4.69, 9.17) is 0 Å². The minimum Gasteiger partial charge on any atom is -0.346 e. The summed E-state index contributed by atoms with van der Waals surface area (Å²) in [7, 11) is 4.13. The van der Waals surface area contributed by atoms with Crippen LogP contribution in [0, 0.1) is 0 Å². The van der Waals surface area contributed by atoms with Gasteiger partial charge in [0.15, 0.2) is 0 Å². The van der Waals surface area contributed by atoms with Gasteiger partial charge in [0.2, 0.25) is 11.8 Å². The highest BCUT2D eigenvalue weighted by atomic mass is 16.2. The number of hydrogen-bond acceptors (Lipinski definition) is 3. The normalized spacial score (nSPS) is 11.2. The molecule has 1 aromatic carbocycles. The number of likely N-dealkylation sites (N-methyl/N-ethyl adjacent to an activating group) is 1. The van der Waals surface area contributed by atoms with Crippen LogP contribution in [0.5, 0.6) is 0 Å². The predicted molar refractivity (Wildman–Crippen MR) is 120 cm³/mol. The van der Waals surface area contributed by atoms with E-state index in [9.17, 15) is 9.59 Å². The first kappa shape index (κ1) is 22.9. The highest BCUT2D eigenvalue weighted by molar-refractivity contribution is 5.94. The van der Waals surface area contributed by atoms with Crippen molar-refractivity contribution in [3.05, 3.63) is 30.5 Å². The number of fused-ring (bicyclic) bond motifs is 1. The first-order chi connectivity index (χ1) is 13.9. The summed E-state index contributed by atoms with van der Waals surface area (Å²) in [6, 6.07) is 8.09. The Balaban J connectivity index is 1.84. The minimum atomic E-state index is -0.0401. The van der Waals surface area contributed by atoms with E-state index >= 15 is 0 Å². The van der Waals surface area contributed by atoms with Gasteiger partial charge in [-0.05, 0) is 57.6 Å². The fraction of sp³-hybridized carbons (Fsp3) is 0.565. The molecule has 0 aliphatic heterocycles. The van der Waals surface area contributed by atoms with E-state index in [-0.39, 0.29) is 11.8 Å². The number of carbonyl (C=O) groups is 2. The first-order valence-electron chi connectivity index (χ1n) is 10.8. The van der Waals surface area contributed by atoms with Crippen LogP contribution < -0.4 is 5.32 Å². The van der Waals surface area contributed by atoms with E-state index in [1.165, 1.54) is 5.52 Å². The third-order valence-corrected chi connectivity index (χ3v) is 4.98. The van der Waals surface area contributed by atoms with Crippen molar-refractivity contribution >= 4 is 28.4 Å². The maximum absolute atomic E-state index is 12.3. The molecule has 0 saturated heterocycles. The van der Waals surface area contributed by atoms with E-state index in [0.29, 0.717) is 19.3 Å².